The van der Waals surface area contributed by atoms with Crippen LogP contribution in [0.25, 0.3) is 0 Å². The topological polar surface area (TPSA) is 16.1 Å². The van der Waals surface area contributed by atoms with Gasteiger partial charge >= 0.3 is 0 Å². The molecule has 0 radical (unpaired) electrons. The van der Waals surface area contributed by atoms with Crippen LogP contribution in [0.2, 0.25) is 0 Å². The van der Waals surface area contributed by atoms with Gasteiger partial charge in [-0.25, -0.2) is 8.78 Å². The molecular weight excluding hydrogens is 249 g/mol. The third kappa shape index (κ3) is 2.58. The van der Waals surface area contributed by atoms with Gasteiger partial charge in [0, 0.05) is 19.7 Å². The maximum absolute atomic E-state index is 13.4. The van der Waals surface area contributed by atoms with Gasteiger partial charge in [0.25, 0.3) is 5.95 Å². The standard InChI is InChI=1S/C11H9F3N2S/c1-16(5-7-2-3-17-6-7)11-9(13)4-8(12)10(14)15-11/h2-4,6H,5H2,1H3. The summed E-state index contributed by atoms with van der Waals surface area (Å²) < 4.78 is 39.0. The summed E-state index contributed by atoms with van der Waals surface area (Å²) in [6, 6.07) is 2.38. The van der Waals surface area contributed by atoms with E-state index in [0.717, 1.165) is 5.56 Å². The second-order valence-electron chi connectivity index (χ2n) is 3.55. The number of nitrogens with zero attached hydrogens (tertiary/aromatic N) is 2. The highest BCUT2D eigenvalue weighted by Gasteiger charge is 2.15. The molecule has 0 N–H and O–H groups in total. The number of halogens is 3. The highest BCUT2D eigenvalue weighted by atomic mass is 32.1. The van der Waals surface area contributed by atoms with Gasteiger partial charge in [-0.15, -0.1) is 0 Å². The lowest BCUT2D eigenvalue weighted by Gasteiger charge is -2.18. The molecule has 0 atom stereocenters. The Bertz CT molecular complexity index is 514. The first-order valence-corrected chi connectivity index (χ1v) is 5.76. The molecule has 0 amide bonds. The van der Waals surface area contributed by atoms with Gasteiger partial charge in [-0.2, -0.15) is 20.7 Å². The van der Waals surface area contributed by atoms with Crippen LogP contribution < -0.4 is 4.90 Å². The van der Waals surface area contributed by atoms with Gasteiger partial charge < -0.3 is 4.90 Å². The van der Waals surface area contributed by atoms with E-state index in [4.69, 9.17) is 0 Å². The van der Waals surface area contributed by atoms with E-state index >= 15 is 0 Å². The fraction of sp³-hybridized carbons (Fsp3) is 0.182. The predicted octanol–water partition coefficient (Wildman–Crippen LogP) is 3.20. The molecule has 6 heteroatoms. The number of rotatable bonds is 3. The van der Waals surface area contributed by atoms with E-state index in [1.807, 2.05) is 16.8 Å². The minimum Gasteiger partial charge on any atom is -0.353 e. The van der Waals surface area contributed by atoms with Crippen LogP contribution >= 0.6 is 11.3 Å². The summed E-state index contributed by atoms with van der Waals surface area (Å²) in [4.78, 5) is 4.70. The summed E-state index contributed by atoms with van der Waals surface area (Å²) in [5.74, 6) is -3.65. The van der Waals surface area contributed by atoms with Gasteiger partial charge in [-0.3, -0.25) is 0 Å². The number of anilines is 1. The molecule has 2 nitrogen and oxygen atoms in total. The molecule has 2 aromatic rings. The van der Waals surface area contributed by atoms with Crippen molar-refractivity contribution in [2.45, 2.75) is 6.54 Å². The van der Waals surface area contributed by atoms with Gasteiger partial charge in [0.15, 0.2) is 17.5 Å². The minimum atomic E-state index is -1.29. The summed E-state index contributed by atoms with van der Waals surface area (Å²) in [5.41, 5.74) is 0.962. The molecule has 0 spiro atoms. The summed E-state index contributed by atoms with van der Waals surface area (Å²) in [6.45, 7) is 0.387. The average Bonchev–Trinajstić information content (AvgIpc) is 2.76. The minimum absolute atomic E-state index is 0.199. The highest BCUT2D eigenvalue weighted by molar-refractivity contribution is 7.07. The zero-order valence-electron chi connectivity index (χ0n) is 8.95. The summed E-state index contributed by atoms with van der Waals surface area (Å²) in [5, 5.41) is 3.78. The van der Waals surface area contributed by atoms with Crippen LogP contribution in [-0.4, -0.2) is 12.0 Å². The number of thiophene rings is 1. The van der Waals surface area contributed by atoms with E-state index in [1.165, 1.54) is 16.2 Å². The van der Waals surface area contributed by atoms with Crippen LogP contribution in [0.3, 0.4) is 0 Å². The molecule has 0 aliphatic heterocycles. The van der Waals surface area contributed by atoms with Gasteiger partial charge in [0.1, 0.15) is 0 Å². The Morgan fingerprint density at radius 1 is 1.29 bits per heavy atom. The first kappa shape index (κ1) is 11.9. The molecule has 17 heavy (non-hydrogen) atoms. The van der Waals surface area contributed by atoms with Gasteiger partial charge in [-0.1, -0.05) is 0 Å². The average molecular weight is 258 g/mol. The molecule has 0 bridgehead atoms. The molecule has 0 unspecified atom stereocenters. The Labute approximate surface area is 100 Å². The molecule has 2 rings (SSSR count). The van der Waals surface area contributed by atoms with Crippen molar-refractivity contribution in [3.8, 4) is 0 Å². The second-order valence-corrected chi connectivity index (χ2v) is 4.33. The van der Waals surface area contributed by atoms with Crippen molar-refractivity contribution in [2.24, 2.45) is 0 Å². The largest absolute Gasteiger partial charge is 0.353 e. The molecule has 0 aliphatic carbocycles. The van der Waals surface area contributed by atoms with E-state index in [-0.39, 0.29) is 5.82 Å². The lowest BCUT2D eigenvalue weighted by atomic mass is 10.3. The Morgan fingerprint density at radius 3 is 2.71 bits per heavy atom. The Kier molecular flexibility index (Phi) is 3.33. The zero-order chi connectivity index (χ0) is 12.4. The number of hydrogen-bond acceptors (Lipinski definition) is 3. The molecule has 90 valence electrons. The SMILES string of the molecule is CN(Cc1ccsc1)c1nc(F)c(F)cc1F. The number of aromatic nitrogens is 1. The molecule has 2 aromatic heterocycles. The third-order valence-corrected chi connectivity index (χ3v) is 2.96. The van der Waals surface area contributed by atoms with Crippen molar-refractivity contribution < 1.29 is 13.2 Å². The van der Waals surface area contributed by atoms with Crippen molar-refractivity contribution in [1.29, 1.82) is 0 Å². The van der Waals surface area contributed by atoms with Crippen molar-refractivity contribution in [1.82, 2.24) is 4.98 Å². The fourth-order valence-corrected chi connectivity index (χ4v) is 2.09. The van der Waals surface area contributed by atoms with E-state index in [9.17, 15) is 13.2 Å². The summed E-state index contributed by atoms with van der Waals surface area (Å²) in [7, 11) is 1.57. The normalized spacial score (nSPS) is 10.6. The zero-order valence-corrected chi connectivity index (χ0v) is 9.77. The maximum atomic E-state index is 13.4. The predicted molar refractivity (Wildman–Crippen MR) is 60.5 cm³/mol. The number of hydrogen-bond donors (Lipinski definition) is 0. The third-order valence-electron chi connectivity index (χ3n) is 2.23. The van der Waals surface area contributed by atoms with E-state index < -0.39 is 17.6 Å². The molecule has 0 saturated heterocycles. The lowest BCUT2D eigenvalue weighted by molar-refractivity contribution is 0.463. The lowest BCUT2D eigenvalue weighted by Crippen LogP contribution is -2.19. The van der Waals surface area contributed by atoms with Gasteiger partial charge in [-0.05, 0) is 22.4 Å². The smallest absolute Gasteiger partial charge is 0.251 e. The van der Waals surface area contributed by atoms with Crippen molar-refractivity contribution in [2.75, 3.05) is 11.9 Å². The molecule has 0 aliphatic rings. The Balaban J connectivity index is 2.24. The fourth-order valence-electron chi connectivity index (χ4n) is 1.43. The Morgan fingerprint density at radius 2 is 2.06 bits per heavy atom. The van der Waals surface area contributed by atoms with Gasteiger partial charge in [0.05, 0.1) is 0 Å². The maximum Gasteiger partial charge on any atom is 0.251 e. The van der Waals surface area contributed by atoms with Crippen LogP contribution in [0.1, 0.15) is 5.56 Å². The summed E-state index contributed by atoms with van der Waals surface area (Å²) in [6.07, 6.45) is 0. The van der Waals surface area contributed by atoms with E-state index in [1.54, 1.807) is 7.05 Å². The molecule has 0 fully saturated rings. The second kappa shape index (κ2) is 4.75. The molecular formula is C11H9F3N2S. The first-order valence-electron chi connectivity index (χ1n) is 4.81. The van der Waals surface area contributed by atoms with E-state index in [2.05, 4.69) is 4.98 Å². The van der Waals surface area contributed by atoms with Crippen LogP contribution in [0, 0.1) is 17.6 Å². The molecule has 0 aromatic carbocycles. The quantitative estimate of drug-likeness (QED) is 0.786. The highest BCUT2D eigenvalue weighted by Crippen LogP contribution is 2.20. The van der Waals surface area contributed by atoms with Crippen LogP contribution in [-0.2, 0) is 6.54 Å². The Hall–Kier alpha value is -1.56. The van der Waals surface area contributed by atoms with Gasteiger partial charge in [0.2, 0.25) is 0 Å². The van der Waals surface area contributed by atoms with Crippen LogP contribution in [0.4, 0.5) is 19.0 Å². The molecule has 2 heterocycles. The van der Waals surface area contributed by atoms with Crippen molar-refractivity contribution >= 4 is 17.2 Å². The number of pyridine rings is 1. The summed E-state index contributed by atoms with van der Waals surface area (Å²) >= 11 is 1.51. The monoisotopic (exact) mass is 258 g/mol. The first-order chi connectivity index (χ1) is 8.08. The van der Waals surface area contributed by atoms with E-state index in [0.29, 0.717) is 12.6 Å². The van der Waals surface area contributed by atoms with Crippen molar-refractivity contribution in [3.05, 3.63) is 46.0 Å². The molecule has 0 saturated carbocycles. The van der Waals surface area contributed by atoms with Crippen molar-refractivity contribution in [3.63, 3.8) is 0 Å². The van der Waals surface area contributed by atoms with Crippen LogP contribution in [0.5, 0.6) is 0 Å². The van der Waals surface area contributed by atoms with Crippen LogP contribution in [0.15, 0.2) is 22.9 Å².